The molecule has 0 aliphatic rings. The molecule has 1 amide bonds. The number of benzene rings is 2. The molecule has 6 heteroatoms. The van der Waals surface area contributed by atoms with Gasteiger partial charge in [-0.15, -0.1) is 0 Å². The minimum Gasteiger partial charge on any atom is -0.468 e. The number of carbonyl (C=O) groups excluding carboxylic acids is 2. The van der Waals surface area contributed by atoms with Gasteiger partial charge in [-0.3, -0.25) is 9.59 Å². The van der Waals surface area contributed by atoms with Crippen molar-refractivity contribution in [1.29, 1.82) is 0 Å². The van der Waals surface area contributed by atoms with Gasteiger partial charge in [-0.2, -0.15) is 4.99 Å². The molecule has 0 aliphatic heterocycles. The number of rotatable bonds is 4. The van der Waals surface area contributed by atoms with Crippen LogP contribution in [0.1, 0.15) is 27.8 Å². The fourth-order valence-corrected chi connectivity index (χ4v) is 4.18. The minimum absolute atomic E-state index is 0.0224. The Bertz CT molecular complexity index is 1140. The van der Waals surface area contributed by atoms with Crippen LogP contribution in [0.5, 0.6) is 0 Å². The van der Waals surface area contributed by atoms with E-state index >= 15 is 0 Å². The molecule has 0 spiro atoms. The lowest BCUT2D eigenvalue weighted by molar-refractivity contribution is -0.141. The Hall–Kier alpha value is -2.73. The maximum Gasteiger partial charge on any atom is 0.325 e. The lowest BCUT2D eigenvalue weighted by Crippen LogP contribution is -2.22. The van der Waals surface area contributed by atoms with Crippen LogP contribution in [0.15, 0.2) is 35.3 Å². The molecule has 3 aromatic rings. The third kappa shape index (κ3) is 4.22. The molecule has 3 rings (SSSR count). The van der Waals surface area contributed by atoms with Crippen molar-refractivity contribution in [3.63, 3.8) is 0 Å². The molecule has 0 unspecified atom stereocenters. The number of esters is 1. The third-order valence-corrected chi connectivity index (χ3v) is 5.92. The highest BCUT2D eigenvalue weighted by Crippen LogP contribution is 2.22. The summed E-state index contributed by atoms with van der Waals surface area (Å²) in [5.41, 5.74) is 6.32. The van der Waals surface area contributed by atoms with Gasteiger partial charge < -0.3 is 9.30 Å². The Morgan fingerprint density at radius 3 is 2.46 bits per heavy atom. The minimum atomic E-state index is -0.374. The molecule has 2 aromatic carbocycles. The topological polar surface area (TPSA) is 60.7 Å². The Balaban J connectivity index is 2.07. The number of hydrogen-bond acceptors (Lipinski definition) is 4. The molecule has 0 aliphatic carbocycles. The zero-order chi connectivity index (χ0) is 20.4. The van der Waals surface area contributed by atoms with E-state index in [4.69, 9.17) is 4.74 Å². The van der Waals surface area contributed by atoms with Crippen molar-refractivity contribution in [2.24, 2.45) is 4.99 Å². The number of aromatic nitrogens is 1. The van der Waals surface area contributed by atoms with Crippen LogP contribution < -0.4 is 4.80 Å². The SMILES string of the molecule is COC(=O)Cn1c(=NC(=O)Cc2cc(C)ccc2C)sc2cc(C)c(C)cc21. The largest absolute Gasteiger partial charge is 0.468 e. The highest BCUT2D eigenvalue weighted by molar-refractivity contribution is 7.16. The summed E-state index contributed by atoms with van der Waals surface area (Å²) in [6.45, 7) is 8.09. The molecule has 1 aromatic heterocycles. The first-order valence-corrected chi connectivity index (χ1v) is 9.91. The van der Waals surface area contributed by atoms with Gasteiger partial charge in [-0.05, 0) is 62.1 Å². The summed E-state index contributed by atoms with van der Waals surface area (Å²) >= 11 is 1.41. The first-order chi connectivity index (χ1) is 13.3. The molecule has 1 heterocycles. The molecule has 0 saturated carbocycles. The fourth-order valence-electron chi connectivity index (χ4n) is 3.05. The van der Waals surface area contributed by atoms with Crippen LogP contribution in [0.4, 0.5) is 0 Å². The molecule has 5 nitrogen and oxygen atoms in total. The van der Waals surface area contributed by atoms with Crippen molar-refractivity contribution in [1.82, 2.24) is 4.57 Å². The van der Waals surface area contributed by atoms with E-state index in [1.807, 2.05) is 52.0 Å². The Kier molecular flexibility index (Phi) is 5.79. The Labute approximate surface area is 168 Å². The molecular formula is C22H24N2O3S. The standard InChI is InChI=1S/C22H24N2O3S/c1-13-6-7-14(2)17(8-13)11-20(25)23-22-24(12-21(26)27-5)18-9-15(3)16(4)10-19(18)28-22/h6-10H,11-12H2,1-5H3. The van der Waals surface area contributed by atoms with Crippen molar-refractivity contribution in [2.75, 3.05) is 7.11 Å². The van der Waals surface area contributed by atoms with E-state index in [1.165, 1.54) is 18.4 Å². The maximum atomic E-state index is 12.7. The molecule has 0 fully saturated rings. The first-order valence-electron chi connectivity index (χ1n) is 9.09. The van der Waals surface area contributed by atoms with Crippen molar-refractivity contribution < 1.29 is 14.3 Å². The smallest absolute Gasteiger partial charge is 0.325 e. The van der Waals surface area contributed by atoms with Crippen LogP contribution in [-0.4, -0.2) is 23.6 Å². The number of thiazole rings is 1. The molecule has 0 bridgehead atoms. The fraction of sp³-hybridized carbons (Fsp3) is 0.318. The number of aryl methyl sites for hydroxylation is 4. The van der Waals surface area contributed by atoms with Gasteiger partial charge in [0.15, 0.2) is 4.80 Å². The quantitative estimate of drug-likeness (QED) is 0.631. The summed E-state index contributed by atoms with van der Waals surface area (Å²) in [5.74, 6) is -0.603. The molecule has 0 saturated heterocycles. The maximum absolute atomic E-state index is 12.7. The van der Waals surface area contributed by atoms with E-state index in [0.717, 1.165) is 38.0 Å². The van der Waals surface area contributed by atoms with E-state index in [1.54, 1.807) is 4.57 Å². The molecule has 0 N–H and O–H groups in total. The lowest BCUT2D eigenvalue weighted by Gasteiger charge is -2.06. The van der Waals surface area contributed by atoms with Gasteiger partial charge in [0, 0.05) is 0 Å². The van der Waals surface area contributed by atoms with Gasteiger partial charge in [0.2, 0.25) is 0 Å². The highest BCUT2D eigenvalue weighted by atomic mass is 32.1. The number of methoxy groups -OCH3 is 1. The summed E-state index contributed by atoms with van der Waals surface area (Å²) in [4.78, 5) is 29.5. The summed E-state index contributed by atoms with van der Waals surface area (Å²) in [6.07, 6.45) is 0.234. The van der Waals surface area contributed by atoms with E-state index in [-0.39, 0.29) is 24.8 Å². The van der Waals surface area contributed by atoms with Gasteiger partial charge in [-0.25, -0.2) is 0 Å². The average molecular weight is 397 g/mol. The second-order valence-electron chi connectivity index (χ2n) is 7.06. The van der Waals surface area contributed by atoms with Gasteiger partial charge >= 0.3 is 5.97 Å². The predicted octanol–water partition coefficient (Wildman–Crippen LogP) is 3.78. The van der Waals surface area contributed by atoms with Crippen molar-refractivity contribution in [3.8, 4) is 0 Å². The number of carbonyl (C=O) groups is 2. The van der Waals surface area contributed by atoms with Crippen molar-refractivity contribution in [2.45, 2.75) is 40.7 Å². The van der Waals surface area contributed by atoms with Crippen molar-refractivity contribution in [3.05, 3.63) is 63.0 Å². The van der Waals surface area contributed by atoms with Crippen LogP contribution in [0.2, 0.25) is 0 Å². The number of fused-ring (bicyclic) bond motifs is 1. The third-order valence-electron chi connectivity index (χ3n) is 4.88. The normalized spacial score (nSPS) is 11.8. The summed E-state index contributed by atoms with van der Waals surface area (Å²) in [5, 5.41) is 0. The van der Waals surface area contributed by atoms with E-state index < -0.39 is 0 Å². The second kappa shape index (κ2) is 8.10. The van der Waals surface area contributed by atoms with E-state index in [0.29, 0.717) is 4.80 Å². The zero-order valence-corrected chi connectivity index (χ0v) is 17.6. The first kappa shape index (κ1) is 20.0. The number of nitrogens with zero attached hydrogens (tertiary/aromatic N) is 2. The van der Waals surface area contributed by atoms with Gasteiger partial charge in [0.1, 0.15) is 6.54 Å². The second-order valence-corrected chi connectivity index (χ2v) is 8.07. The number of amides is 1. The number of hydrogen-bond donors (Lipinski definition) is 0. The van der Waals surface area contributed by atoms with Crippen LogP contribution in [0, 0.1) is 27.7 Å². The predicted molar refractivity (Wildman–Crippen MR) is 111 cm³/mol. The summed E-state index contributed by atoms with van der Waals surface area (Å²) in [6, 6.07) is 10.2. The molecule has 0 atom stereocenters. The van der Waals surface area contributed by atoms with Crippen LogP contribution in [0.3, 0.4) is 0 Å². The Morgan fingerprint density at radius 2 is 1.75 bits per heavy atom. The highest BCUT2D eigenvalue weighted by Gasteiger charge is 2.13. The van der Waals surface area contributed by atoms with Gasteiger partial charge in [0.25, 0.3) is 5.91 Å². The van der Waals surface area contributed by atoms with Crippen LogP contribution in [-0.2, 0) is 27.3 Å². The van der Waals surface area contributed by atoms with Crippen LogP contribution in [0.25, 0.3) is 10.2 Å². The number of ether oxygens (including phenoxy) is 1. The summed E-state index contributed by atoms with van der Waals surface area (Å²) < 4.78 is 7.58. The lowest BCUT2D eigenvalue weighted by atomic mass is 10.0. The zero-order valence-electron chi connectivity index (χ0n) is 16.8. The van der Waals surface area contributed by atoms with Crippen LogP contribution >= 0.6 is 11.3 Å². The van der Waals surface area contributed by atoms with E-state index in [2.05, 4.69) is 11.1 Å². The monoisotopic (exact) mass is 396 g/mol. The average Bonchev–Trinajstić information content (AvgIpc) is 2.94. The molecule has 28 heavy (non-hydrogen) atoms. The van der Waals surface area contributed by atoms with Gasteiger partial charge in [0.05, 0.1) is 23.7 Å². The Morgan fingerprint density at radius 1 is 1.04 bits per heavy atom. The molecular weight excluding hydrogens is 372 g/mol. The van der Waals surface area contributed by atoms with Gasteiger partial charge in [-0.1, -0.05) is 35.1 Å². The summed E-state index contributed by atoms with van der Waals surface area (Å²) in [7, 11) is 1.36. The molecule has 0 radical (unpaired) electrons. The van der Waals surface area contributed by atoms with Crippen molar-refractivity contribution >= 4 is 33.4 Å². The van der Waals surface area contributed by atoms with E-state index in [9.17, 15) is 9.59 Å². The molecule has 146 valence electrons.